The lowest BCUT2D eigenvalue weighted by molar-refractivity contribution is -0.114. The molecule has 0 aliphatic heterocycles. The summed E-state index contributed by atoms with van der Waals surface area (Å²) < 4.78 is 155. The van der Waals surface area contributed by atoms with E-state index in [1.54, 1.807) is 121 Å². The van der Waals surface area contributed by atoms with Crippen molar-refractivity contribution in [2.45, 2.75) is 145 Å². The molecule has 5 N–H and O–H groups in total. The Bertz CT molecular complexity index is 6340. The average molecular weight is 2010 g/mol. The number of anilines is 5. The molecule has 6 aromatic rings. The first-order valence-electron chi connectivity index (χ1n) is 43.6. The second kappa shape index (κ2) is 52.1. The highest BCUT2D eigenvalue weighted by Crippen LogP contribution is 2.38. The third-order valence-electron chi connectivity index (χ3n) is 19.4. The molecule has 36 nitrogen and oxygen atoms in total. The van der Waals surface area contributed by atoms with Crippen molar-refractivity contribution in [3.05, 3.63) is 235 Å². The molecule has 0 atom stereocenters. The number of Topliss-reactive ketones (excluding diaryl/α,β-unsaturated/α-hetero) is 6. The van der Waals surface area contributed by atoms with Gasteiger partial charge in [0.2, 0.25) is 98.0 Å². The zero-order chi connectivity index (χ0) is 102. The molecule has 0 spiro atoms. The number of ether oxygens (including phenoxy) is 10. The fourth-order valence-electron chi connectivity index (χ4n) is 13.7. The second-order valence-electron chi connectivity index (χ2n) is 32.0. The minimum absolute atomic E-state index is 0.00954. The average Bonchev–Trinajstić information content (AvgIpc) is 0.784. The van der Waals surface area contributed by atoms with Gasteiger partial charge in [-0.25, -0.2) is 33.7 Å². The topological polar surface area (TPSA) is 511 Å². The first-order valence-corrected chi connectivity index (χ1v) is 51.6. The predicted octanol–water partition coefficient (Wildman–Crippen LogP) is 13.9. The van der Waals surface area contributed by atoms with E-state index in [-0.39, 0.29) is 156 Å². The molecule has 0 saturated carbocycles. The van der Waals surface area contributed by atoms with Crippen molar-refractivity contribution in [1.29, 1.82) is 0 Å². The summed E-state index contributed by atoms with van der Waals surface area (Å²) in [6.45, 7) is 21.6. The summed E-state index contributed by atoms with van der Waals surface area (Å²) in [5, 5.41) is 2.84. The van der Waals surface area contributed by atoms with Crippen LogP contribution in [0.15, 0.2) is 163 Å². The predicted molar refractivity (Wildman–Crippen MR) is 518 cm³/mol. The number of halogens is 1. The fourth-order valence-corrected chi connectivity index (χ4v) is 16.2. The zero-order valence-corrected chi connectivity index (χ0v) is 82.9. The van der Waals surface area contributed by atoms with Crippen LogP contribution in [0.3, 0.4) is 0 Å². The minimum Gasteiger partial charge on any atom is -0.493 e. The lowest BCUT2D eigenvalue weighted by Crippen LogP contribution is -2.24. The van der Waals surface area contributed by atoms with E-state index in [0.717, 1.165) is 69.3 Å². The maximum absolute atomic E-state index is 12.4. The number of rotatable bonds is 40. The molecule has 0 radical (unpaired) electrons. The van der Waals surface area contributed by atoms with Crippen molar-refractivity contribution in [3.63, 3.8) is 0 Å². The SMILES string of the molecule is CC(=O)Nc1cccc2c1C(=O)C(OC(C)C)=CC2=O.CC(C)OC1=CC(=O)c2cccc(Cl)c2C1=O.CC(C)OC1=CC(=O)c2cccc(NS(C)(=O)=O)c2C1=O.CCC(CC)OC1=CC(=O)C(=O)c2c(NS(C)(=O)=O)cccc21.CCCCCCCCOC1=CC(=O)C(=O)c2c(NS(C)(=O)=O)cccc21.COCCOCCOCCOCCOC1=CC(=O)C(=O)c2c(NS(C)(=O)=O)cccc21. The van der Waals surface area contributed by atoms with Gasteiger partial charge < -0.3 is 52.7 Å². The van der Waals surface area contributed by atoms with Crippen molar-refractivity contribution in [2.24, 2.45) is 0 Å². The molecule has 41 heteroatoms. The number of amides is 1. The van der Waals surface area contributed by atoms with E-state index >= 15 is 0 Å². The Balaban J connectivity index is 0.000000227. The first-order chi connectivity index (χ1) is 65.0. The molecule has 0 heterocycles. The second-order valence-corrected chi connectivity index (χ2v) is 39.4. The number of hydrogen-bond acceptors (Lipinski definition) is 31. The summed E-state index contributed by atoms with van der Waals surface area (Å²) in [5.41, 5.74) is 3.07. The molecule has 6 aliphatic carbocycles. The number of hydrogen-bond donors (Lipinski definition) is 5. The van der Waals surface area contributed by atoms with E-state index in [1.807, 2.05) is 13.8 Å². The van der Waals surface area contributed by atoms with E-state index in [1.165, 1.54) is 86.9 Å². The Labute approximate surface area is 806 Å². The highest BCUT2D eigenvalue weighted by molar-refractivity contribution is 7.92. The van der Waals surface area contributed by atoms with E-state index in [2.05, 4.69) is 31.1 Å². The van der Waals surface area contributed by atoms with Gasteiger partial charge in [0.15, 0.2) is 34.6 Å². The van der Waals surface area contributed by atoms with Gasteiger partial charge in [-0.15, -0.1) is 0 Å². The molecule has 12 rings (SSSR count). The fraction of sp³-hybridized carbons (Fsp3) is 0.371. The number of fused-ring (bicyclic) bond motifs is 6. The van der Waals surface area contributed by atoms with Gasteiger partial charge in [-0.3, -0.25) is 81.2 Å². The summed E-state index contributed by atoms with van der Waals surface area (Å²) >= 11 is 5.95. The molecule has 6 aromatic carbocycles. The van der Waals surface area contributed by atoms with E-state index < -0.39 is 92.1 Å². The van der Waals surface area contributed by atoms with E-state index in [0.29, 0.717) is 85.7 Å². The number of ketones is 12. The molecule has 0 saturated heterocycles. The van der Waals surface area contributed by atoms with Gasteiger partial charge in [0.25, 0.3) is 0 Å². The summed E-state index contributed by atoms with van der Waals surface area (Å²) in [7, 11) is -12.7. The lowest BCUT2D eigenvalue weighted by Gasteiger charge is -2.23. The summed E-state index contributed by atoms with van der Waals surface area (Å²) in [6.07, 6.45) is 18.4. The van der Waals surface area contributed by atoms with E-state index in [4.69, 9.17) is 59.0 Å². The quantitative estimate of drug-likeness (QED) is 0.0176. The summed E-state index contributed by atoms with van der Waals surface area (Å²) in [4.78, 5) is 157. The first kappa shape index (κ1) is 112. The highest BCUT2D eigenvalue weighted by atomic mass is 35.5. The van der Waals surface area contributed by atoms with Crippen molar-refractivity contribution >= 4 is 173 Å². The van der Waals surface area contributed by atoms with Crippen LogP contribution in [0, 0.1) is 0 Å². The maximum Gasteiger partial charge on any atom is 0.235 e. The van der Waals surface area contributed by atoms with Crippen LogP contribution >= 0.6 is 11.6 Å². The number of carbonyl (C=O) groups excluding carboxylic acids is 13. The number of methoxy groups -OCH3 is 1. The molecule has 0 unspecified atom stereocenters. The van der Waals surface area contributed by atoms with E-state index in [9.17, 15) is 96.0 Å². The van der Waals surface area contributed by atoms with Crippen LogP contribution in [-0.4, -0.2) is 225 Å². The monoisotopic (exact) mass is 2010 g/mol. The number of allylic oxidation sites excluding steroid dienone is 9. The third kappa shape index (κ3) is 33.5. The Morgan fingerprint density at radius 2 is 0.601 bits per heavy atom. The van der Waals surface area contributed by atoms with Crippen LogP contribution in [0.25, 0.3) is 17.3 Å². The molecule has 0 bridgehead atoms. The van der Waals surface area contributed by atoms with Gasteiger partial charge in [0.05, 0.1) is 169 Å². The largest absolute Gasteiger partial charge is 0.493 e. The molecule has 6 aliphatic rings. The molecule has 0 fully saturated rings. The number of sulfonamides is 4. The standard InChI is InChI=1S/C20H27NO9S.C19H25NO5S.C16H19NO5S.C15H15NO4.C14H15NO5S.C13H11ClO3/c1-26-6-7-27-8-9-28-10-11-29-12-13-30-18-14-17(22)20(23)19-15(18)4-3-5-16(19)21-31(2,24)25;1-3-4-5-6-7-8-12-25-17-13-16(21)19(22)18-14(17)10-9-11-15(18)20-26(2,23)24;1-4-10(5-2)22-14-9-13(18)16(19)15-11(14)7-6-8-12(15)17-23(3,20)21;1-8(2)20-13-7-12(18)10-5-4-6-11(16-9(3)17)14(10)15(13)19;1-8(2)20-12-7-11(16)9-5-4-6-10(13(9)14(12)17)15-21(3,18)19;1-7(2)17-11-6-10(15)8-4-3-5-9(14)12(8)13(11)16/h3-5,14,21H,6-13H2,1-2H3;9-11,13,20H,3-8,12H2,1-2H3;6-10,17H,4-5H2,1-3H3;4-8H,1-3H3,(H,16,17);4-8,15H,1-3H3;3-7H,1-2H3. The molecule has 0 aromatic heterocycles. The van der Waals surface area contributed by atoms with Crippen LogP contribution in [0.1, 0.15) is 231 Å². The number of nitrogens with one attached hydrogen (secondary N) is 5. The Kier molecular flexibility index (Phi) is 42.4. The minimum atomic E-state index is -3.63. The number of benzene rings is 6. The van der Waals surface area contributed by atoms with Gasteiger partial charge >= 0.3 is 0 Å². The van der Waals surface area contributed by atoms with Crippen LogP contribution in [0.2, 0.25) is 5.02 Å². The molecular formula is C97H112ClN5O31S4. The van der Waals surface area contributed by atoms with Crippen molar-refractivity contribution < 1.29 is 143 Å². The van der Waals surface area contributed by atoms with Crippen LogP contribution in [0.4, 0.5) is 28.4 Å². The Hall–Kier alpha value is -12.8. The molecule has 138 heavy (non-hydrogen) atoms. The van der Waals surface area contributed by atoms with Crippen molar-refractivity contribution in [1.82, 2.24) is 0 Å². The van der Waals surface area contributed by atoms with Crippen LogP contribution in [0.5, 0.6) is 0 Å². The van der Waals surface area contributed by atoms with Gasteiger partial charge in [-0.2, -0.15) is 0 Å². The molecule has 1 amide bonds. The zero-order valence-electron chi connectivity index (χ0n) is 78.9. The van der Waals surface area contributed by atoms with Gasteiger partial charge in [-0.05, 0) is 97.2 Å². The normalized spacial score (nSPS) is 14.2. The van der Waals surface area contributed by atoms with Crippen LogP contribution in [-0.2, 0) is 107 Å². The van der Waals surface area contributed by atoms with Crippen LogP contribution < -0.4 is 24.2 Å². The Morgan fingerprint density at radius 1 is 0.319 bits per heavy atom. The molecular weight excluding hydrogens is 1890 g/mol. The smallest absolute Gasteiger partial charge is 0.235 e. The summed E-state index contributed by atoms with van der Waals surface area (Å²) in [6, 6.07) is 28.0. The van der Waals surface area contributed by atoms with Crippen molar-refractivity contribution in [3.8, 4) is 0 Å². The maximum atomic E-state index is 12.4. The Morgan fingerprint density at radius 3 is 0.949 bits per heavy atom. The highest BCUT2D eigenvalue weighted by Gasteiger charge is 2.37. The summed E-state index contributed by atoms with van der Waals surface area (Å²) in [5.74, 6) is -6.19. The third-order valence-corrected chi connectivity index (χ3v) is 22.1. The van der Waals surface area contributed by atoms with Gasteiger partial charge in [-0.1, -0.05) is 137 Å². The van der Waals surface area contributed by atoms with Gasteiger partial charge in [0, 0.05) is 83.9 Å². The lowest BCUT2D eigenvalue weighted by atomic mass is 9.92. The molecule has 742 valence electrons. The van der Waals surface area contributed by atoms with Gasteiger partial charge in [0.1, 0.15) is 23.9 Å². The number of unbranched alkanes of at least 4 members (excludes halogenated alkanes) is 5. The van der Waals surface area contributed by atoms with Crippen molar-refractivity contribution in [2.75, 3.05) is 116 Å². The number of carbonyl (C=O) groups is 13.